The van der Waals surface area contributed by atoms with Crippen LogP contribution < -0.4 is 0 Å². The Balaban J connectivity index is 2.14. The van der Waals surface area contributed by atoms with Crippen LogP contribution in [0.1, 0.15) is 15.2 Å². The Labute approximate surface area is 107 Å². The van der Waals surface area contributed by atoms with Gasteiger partial charge in [-0.1, -0.05) is 23.7 Å². The standard InChI is InChI=1S/C13H8ClFOS/c14-10-7-12(17-8-10)4-5-13(16)9-2-1-3-11(15)6-9/h1-8H. The van der Waals surface area contributed by atoms with Gasteiger partial charge in [-0.2, -0.15) is 0 Å². The van der Waals surface area contributed by atoms with Crippen LogP contribution in [-0.4, -0.2) is 5.78 Å². The lowest BCUT2D eigenvalue weighted by Crippen LogP contribution is -1.94. The first kappa shape index (κ1) is 12.0. The number of ketones is 1. The quantitative estimate of drug-likeness (QED) is 0.593. The van der Waals surface area contributed by atoms with E-state index in [0.29, 0.717) is 10.6 Å². The van der Waals surface area contributed by atoms with Crippen molar-refractivity contribution in [2.75, 3.05) is 0 Å². The van der Waals surface area contributed by atoms with Gasteiger partial charge in [0, 0.05) is 15.8 Å². The Bertz CT molecular complexity index is 574. The molecule has 0 amide bonds. The van der Waals surface area contributed by atoms with E-state index in [1.807, 2.05) is 0 Å². The number of allylic oxidation sites excluding steroid dienone is 1. The van der Waals surface area contributed by atoms with Crippen LogP contribution in [-0.2, 0) is 0 Å². The zero-order valence-corrected chi connectivity index (χ0v) is 10.3. The Kier molecular flexibility index (Phi) is 3.71. The van der Waals surface area contributed by atoms with Gasteiger partial charge in [0.1, 0.15) is 5.82 Å². The molecule has 0 saturated carbocycles. The molecule has 2 rings (SSSR count). The number of benzene rings is 1. The molecular weight excluding hydrogens is 259 g/mol. The highest BCUT2D eigenvalue weighted by molar-refractivity contribution is 7.11. The van der Waals surface area contributed by atoms with Gasteiger partial charge >= 0.3 is 0 Å². The first-order valence-electron chi connectivity index (χ1n) is 4.87. The van der Waals surface area contributed by atoms with Crippen molar-refractivity contribution in [3.8, 4) is 0 Å². The Morgan fingerprint density at radius 2 is 2.18 bits per heavy atom. The molecule has 0 N–H and O–H groups in total. The average molecular weight is 267 g/mol. The van der Waals surface area contributed by atoms with Crippen molar-refractivity contribution in [3.63, 3.8) is 0 Å². The highest BCUT2D eigenvalue weighted by atomic mass is 35.5. The fourth-order valence-electron chi connectivity index (χ4n) is 1.31. The Morgan fingerprint density at radius 1 is 1.35 bits per heavy atom. The second kappa shape index (κ2) is 5.25. The van der Waals surface area contributed by atoms with E-state index in [1.54, 1.807) is 23.6 Å². The maximum atomic E-state index is 12.9. The zero-order valence-electron chi connectivity index (χ0n) is 8.69. The summed E-state index contributed by atoms with van der Waals surface area (Å²) in [6.07, 6.45) is 3.08. The molecule has 0 unspecified atom stereocenters. The molecule has 0 fully saturated rings. The number of hydrogen-bond acceptors (Lipinski definition) is 2. The minimum atomic E-state index is -0.414. The van der Waals surface area contributed by atoms with Gasteiger partial charge < -0.3 is 0 Å². The Morgan fingerprint density at radius 3 is 2.82 bits per heavy atom. The summed E-state index contributed by atoms with van der Waals surface area (Å²) in [5, 5.41) is 2.43. The maximum Gasteiger partial charge on any atom is 0.185 e. The molecule has 0 saturated heterocycles. The highest BCUT2D eigenvalue weighted by Crippen LogP contribution is 2.20. The lowest BCUT2D eigenvalue weighted by molar-refractivity contribution is 0.104. The number of carbonyl (C=O) groups excluding carboxylic acids is 1. The van der Waals surface area contributed by atoms with E-state index < -0.39 is 5.82 Å². The third-order valence-corrected chi connectivity index (χ3v) is 3.34. The molecule has 0 radical (unpaired) electrons. The lowest BCUT2D eigenvalue weighted by Gasteiger charge is -1.94. The van der Waals surface area contributed by atoms with E-state index in [4.69, 9.17) is 11.6 Å². The molecular formula is C13H8ClFOS. The first-order valence-corrected chi connectivity index (χ1v) is 6.13. The minimum Gasteiger partial charge on any atom is -0.289 e. The molecule has 4 heteroatoms. The van der Waals surface area contributed by atoms with Crippen LogP contribution in [0, 0.1) is 5.82 Å². The van der Waals surface area contributed by atoms with Gasteiger partial charge in [-0.3, -0.25) is 4.79 Å². The number of halogens is 2. The number of thiophene rings is 1. The van der Waals surface area contributed by atoms with Crippen molar-refractivity contribution in [1.82, 2.24) is 0 Å². The summed E-state index contributed by atoms with van der Waals surface area (Å²) in [4.78, 5) is 12.6. The molecule has 17 heavy (non-hydrogen) atoms. The van der Waals surface area contributed by atoms with Crippen molar-refractivity contribution in [2.45, 2.75) is 0 Å². The van der Waals surface area contributed by atoms with E-state index in [2.05, 4.69) is 0 Å². The lowest BCUT2D eigenvalue weighted by atomic mass is 10.1. The van der Waals surface area contributed by atoms with Crippen molar-refractivity contribution in [2.24, 2.45) is 0 Å². The fourth-order valence-corrected chi connectivity index (χ4v) is 2.29. The molecule has 1 aromatic carbocycles. The second-order valence-corrected chi connectivity index (χ2v) is 4.75. The molecule has 1 nitrogen and oxygen atoms in total. The van der Waals surface area contributed by atoms with Gasteiger partial charge in [-0.15, -0.1) is 11.3 Å². The molecule has 0 aliphatic rings. The smallest absolute Gasteiger partial charge is 0.185 e. The van der Waals surface area contributed by atoms with Crippen molar-refractivity contribution < 1.29 is 9.18 Å². The van der Waals surface area contributed by atoms with E-state index in [-0.39, 0.29) is 5.78 Å². The van der Waals surface area contributed by atoms with Crippen LogP contribution >= 0.6 is 22.9 Å². The van der Waals surface area contributed by atoms with E-state index >= 15 is 0 Å². The predicted octanol–water partition coefficient (Wildman–Crippen LogP) is 4.44. The monoisotopic (exact) mass is 266 g/mol. The summed E-state index contributed by atoms with van der Waals surface area (Å²) in [6.45, 7) is 0. The normalized spacial score (nSPS) is 10.9. The SMILES string of the molecule is O=C(C=Cc1cc(Cl)cs1)c1cccc(F)c1. The molecule has 1 aromatic heterocycles. The van der Waals surface area contributed by atoms with Crippen molar-refractivity contribution in [1.29, 1.82) is 0 Å². The summed E-state index contributed by atoms with van der Waals surface area (Å²) in [7, 11) is 0. The van der Waals surface area contributed by atoms with Gasteiger partial charge in [0.2, 0.25) is 0 Å². The topological polar surface area (TPSA) is 17.1 Å². The molecule has 0 aliphatic carbocycles. The summed E-state index contributed by atoms with van der Waals surface area (Å²) < 4.78 is 12.9. The van der Waals surface area contributed by atoms with Gasteiger partial charge in [0.15, 0.2) is 5.78 Å². The molecule has 86 valence electrons. The minimum absolute atomic E-state index is 0.228. The summed E-state index contributed by atoms with van der Waals surface area (Å²) in [5.74, 6) is -0.641. The van der Waals surface area contributed by atoms with Gasteiger partial charge in [0.05, 0.1) is 5.02 Å². The summed E-state index contributed by atoms with van der Waals surface area (Å²) >= 11 is 7.20. The summed E-state index contributed by atoms with van der Waals surface area (Å²) in [6, 6.07) is 7.38. The van der Waals surface area contributed by atoms with E-state index in [9.17, 15) is 9.18 Å². The molecule has 2 aromatic rings. The van der Waals surface area contributed by atoms with Gasteiger partial charge in [-0.05, 0) is 30.4 Å². The highest BCUT2D eigenvalue weighted by Gasteiger charge is 2.02. The van der Waals surface area contributed by atoms with Crippen molar-refractivity contribution >= 4 is 34.8 Å². The number of hydrogen-bond donors (Lipinski definition) is 0. The molecule has 0 aliphatic heterocycles. The summed E-state index contributed by atoms with van der Waals surface area (Å²) in [5.41, 5.74) is 0.337. The molecule has 0 spiro atoms. The largest absolute Gasteiger partial charge is 0.289 e. The molecule has 0 bridgehead atoms. The number of carbonyl (C=O) groups is 1. The third kappa shape index (κ3) is 3.25. The number of rotatable bonds is 3. The zero-order chi connectivity index (χ0) is 12.3. The van der Waals surface area contributed by atoms with Crippen LogP contribution in [0.25, 0.3) is 6.08 Å². The Hall–Kier alpha value is -1.45. The van der Waals surface area contributed by atoms with Crippen LogP contribution in [0.15, 0.2) is 41.8 Å². The fraction of sp³-hybridized carbons (Fsp3) is 0. The van der Waals surface area contributed by atoms with Crippen molar-refractivity contribution in [3.05, 3.63) is 63.1 Å². The third-order valence-electron chi connectivity index (χ3n) is 2.10. The first-order chi connectivity index (χ1) is 8.15. The predicted molar refractivity (Wildman–Crippen MR) is 69.1 cm³/mol. The van der Waals surface area contributed by atoms with E-state index in [1.165, 1.54) is 35.6 Å². The van der Waals surface area contributed by atoms with Gasteiger partial charge in [0.25, 0.3) is 0 Å². The van der Waals surface area contributed by atoms with Crippen LogP contribution in [0.2, 0.25) is 5.02 Å². The van der Waals surface area contributed by atoms with Crippen LogP contribution in [0.4, 0.5) is 4.39 Å². The van der Waals surface area contributed by atoms with E-state index in [0.717, 1.165) is 4.88 Å². The molecule has 0 atom stereocenters. The average Bonchev–Trinajstić information content (AvgIpc) is 2.72. The van der Waals surface area contributed by atoms with Crippen LogP contribution in [0.5, 0.6) is 0 Å². The second-order valence-electron chi connectivity index (χ2n) is 3.38. The molecule has 1 heterocycles. The van der Waals surface area contributed by atoms with Gasteiger partial charge in [-0.25, -0.2) is 4.39 Å². The maximum absolute atomic E-state index is 12.9. The van der Waals surface area contributed by atoms with Crippen LogP contribution in [0.3, 0.4) is 0 Å².